The molecule has 0 aromatic heterocycles. The van der Waals surface area contributed by atoms with Crippen LogP contribution in [0.5, 0.6) is 0 Å². The van der Waals surface area contributed by atoms with Gasteiger partial charge < -0.3 is 10.6 Å². The van der Waals surface area contributed by atoms with Gasteiger partial charge in [0.2, 0.25) is 11.8 Å². The number of nitrogens with two attached hydrogens (primary N) is 1. The van der Waals surface area contributed by atoms with Crippen LogP contribution in [-0.2, 0) is 19.6 Å². The van der Waals surface area contributed by atoms with Crippen LogP contribution in [0.25, 0.3) is 0 Å². The highest BCUT2D eigenvalue weighted by Gasteiger charge is 2.34. The fourth-order valence-electron chi connectivity index (χ4n) is 2.68. The highest BCUT2D eigenvalue weighted by Crippen LogP contribution is 2.26. The molecule has 1 unspecified atom stereocenters. The number of hydrogen-bond donors (Lipinski definition) is 2. The predicted octanol–water partition coefficient (Wildman–Crippen LogP) is 1.46. The van der Waals surface area contributed by atoms with Crippen LogP contribution in [0.3, 0.4) is 0 Å². The molecule has 7 nitrogen and oxygen atoms in total. The van der Waals surface area contributed by atoms with Crippen molar-refractivity contribution < 1.29 is 22.4 Å². The Morgan fingerprint density at radius 3 is 2.27 bits per heavy atom. The van der Waals surface area contributed by atoms with E-state index in [2.05, 4.69) is 4.72 Å². The van der Waals surface area contributed by atoms with Gasteiger partial charge in [0.1, 0.15) is 5.82 Å². The Balaban J connectivity index is 1.77. The van der Waals surface area contributed by atoms with Gasteiger partial charge in [0.05, 0.1) is 10.8 Å². The number of sulfonamides is 1. The molecule has 1 aliphatic rings. The Hall–Kier alpha value is -2.94. The zero-order valence-corrected chi connectivity index (χ0v) is 14.4. The van der Waals surface area contributed by atoms with Gasteiger partial charge in [0.25, 0.3) is 10.0 Å². The van der Waals surface area contributed by atoms with Gasteiger partial charge in [0, 0.05) is 24.3 Å². The van der Waals surface area contributed by atoms with Gasteiger partial charge in [-0.3, -0.25) is 14.3 Å². The first-order valence-corrected chi connectivity index (χ1v) is 9.23. The second-order valence-corrected chi connectivity index (χ2v) is 7.60. The first-order valence-electron chi connectivity index (χ1n) is 7.74. The summed E-state index contributed by atoms with van der Waals surface area (Å²) in [7, 11) is -3.85. The topological polar surface area (TPSA) is 110 Å². The minimum Gasteiger partial charge on any atom is -0.369 e. The lowest BCUT2D eigenvalue weighted by Gasteiger charge is -2.17. The summed E-state index contributed by atoms with van der Waals surface area (Å²) < 4.78 is 40.0. The summed E-state index contributed by atoms with van der Waals surface area (Å²) in [5.74, 6) is -1.80. The fraction of sp³-hybridized carbons (Fsp3) is 0.176. The number of carbonyl (C=O) groups excluding carboxylic acids is 2. The van der Waals surface area contributed by atoms with E-state index in [1.165, 1.54) is 41.3 Å². The molecular formula is C17H16FN3O4S. The number of carbonyl (C=O) groups is 2. The Morgan fingerprint density at radius 1 is 1.12 bits per heavy atom. The van der Waals surface area contributed by atoms with Crippen molar-refractivity contribution in [3.05, 3.63) is 54.3 Å². The molecule has 1 atom stereocenters. The average molecular weight is 377 g/mol. The molecule has 0 spiro atoms. The molecule has 0 radical (unpaired) electrons. The molecule has 9 heteroatoms. The molecule has 3 N–H and O–H groups in total. The Labute approximate surface area is 149 Å². The van der Waals surface area contributed by atoms with Crippen LogP contribution in [-0.4, -0.2) is 26.8 Å². The summed E-state index contributed by atoms with van der Waals surface area (Å²) in [5.41, 5.74) is 5.95. The molecule has 3 rings (SSSR count). The molecule has 136 valence electrons. The highest BCUT2D eigenvalue weighted by molar-refractivity contribution is 7.92. The van der Waals surface area contributed by atoms with Crippen molar-refractivity contribution >= 4 is 33.2 Å². The second-order valence-electron chi connectivity index (χ2n) is 5.91. The summed E-state index contributed by atoms with van der Waals surface area (Å²) in [5, 5.41) is 0. The summed E-state index contributed by atoms with van der Waals surface area (Å²) >= 11 is 0. The van der Waals surface area contributed by atoms with Gasteiger partial charge in [-0.15, -0.1) is 0 Å². The van der Waals surface area contributed by atoms with E-state index >= 15 is 0 Å². The third-order valence-electron chi connectivity index (χ3n) is 4.08. The third kappa shape index (κ3) is 3.67. The molecule has 2 amide bonds. The molecular weight excluding hydrogens is 361 g/mol. The fourth-order valence-corrected chi connectivity index (χ4v) is 3.74. The number of hydrogen-bond acceptors (Lipinski definition) is 4. The maximum atomic E-state index is 12.9. The first-order chi connectivity index (χ1) is 12.3. The number of nitrogens with one attached hydrogen (secondary N) is 1. The average Bonchev–Trinajstić information content (AvgIpc) is 2.99. The highest BCUT2D eigenvalue weighted by atomic mass is 32.2. The lowest BCUT2D eigenvalue weighted by Crippen LogP contribution is -2.28. The number of nitrogens with zero attached hydrogens (tertiary/aromatic N) is 1. The SMILES string of the molecule is NC(=O)C1CC(=O)N(c2ccc(S(=O)(=O)Nc3ccc(F)cc3)cc2)C1. The minimum absolute atomic E-state index is 0.0105. The maximum absolute atomic E-state index is 12.9. The molecule has 2 aromatic carbocycles. The predicted molar refractivity (Wildman–Crippen MR) is 93.3 cm³/mol. The molecule has 1 heterocycles. The summed E-state index contributed by atoms with van der Waals surface area (Å²) in [6, 6.07) is 10.6. The second kappa shape index (κ2) is 6.75. The van der Waals surface area contributed by atoms with E-state index in [0.717, 1.165) is 12.1 Å². The van der Waals surface area contributed by atoms with E-state index in [4.69, 9.17) is 5.73 Å². The van der Waals surface area contributed by atoms with E-state index in [-0.39, 0.29) is 29.5 Å². The van der Waals surface area contributed by atoms with Crippen molar-refractivity contribution in [1.82, 2.24) is 0 Å². The Morgan fingerprint density at radius 2 is 1.73 bits per heavy atom. The molecule has 1 aliphatic heterocycles. The first kappa shape index (κ1) is 17.9. The number of primary amides is 1. The van der Waals surface area contributed by atoms with Crippen LogP contribution in [0.15, 0.2) is 53.4 Å². The Bertz CT molecular complexity index is 943. The van der Waals surface area contributed by atoms with Gasteiger partial charge in [-0.2, -0.15) is 0 Å². The van der Waals surface area contributed by atoms with E-state index in [1.54, 1.807) is 0 Å². The summed E-state index contributed by atoms with van der Waals surface area (Å²) in [6.45, 7) is 0.175. The molecule has 0 bridgehead atoms. The summed E-state index contributed by atoms with van der Waals surface area (Å²) in [4.78, 5) is 24.6. The van der Waals surface area contributed by atoms with Crippen LogP contribution >= 0.6 is 0 Å². The molecule has 1 fully saturated rings. The van der Waals surface area contributed by atoms with Gasteiger partial charge in [0.15, 0.2) is 0 Å². The zero-order chi connectivity index (χ0) is 18.9. The molecule has 26 heavy (non-hydrogen) atoms. The number of anilines is 2. The normalized spacial score (nSPS) is 17.3. The number of halogens is 1. The molecule has 2 aromatic rings. The standard InChI is InChI=1S/C17H16FN3O4S/c18-12-1-3-13(4-2-12)20-26(24,25)15-7-5-14(6-8-15)21-10-11(17(19)23)9-16(21)22/h1-8,11,20H,9-10H2,(H2,19,23). The van der Waals surface area contributed by atoms with Crippen molar-refractivity contribution in [2.75, 3.05) is 16.2 Å². The van der Waals surface area contributed by atoms with E-state index in [0.29, 0.717) is 5.69 Å². The van der Waals surface area contributed by atoms with Gasteiger partial charge in [-0.1, -0.05) is 0 Å². The third-order valence-corrected chi connectivity index (χ3v) is 5.48. The molecule has 0 saturated carbocycles. The maximum Gasteiger partial charge on any atom is 0.261 e. The van der Waals surface area contributed by atoms with Crippen LogP contribution in [0.2, 0.25) is 0 Å². The minimum atomic E-state index is -3.85. The monoisotopic (exact) mass is 377 g/mol. The Kier molecular flexibility index (Phi) is 4.64. The lowest BCUT2D eigenvalue weighted by molar-refractivity contribution is -0.123. The van der Waals surface area contributed by atoms with E-state index in [1.807, 2.05) is 0 Å². The zero-order valence-electron chi connectivity index (χ0n) is 13.6. The quantitative estimate of drug-likeness (QED) is 0.822. The van der Waals surface area contributed by atoms with Gasteiger partial charge >= 0.3 is 0 Å². The number of benzene rings is 2. The number of rotatable bonds is 5. The van der Waals surface area contributed by atoms with Crippen LogP contribution in [0, 0.1) is 11.7 Å². The van der Waals surface area contributed by atoms with Crippen LogP contribution < -0.4 is 15.4 Å². The number of amides is 2. The lowest BCUT2D eigenvalue weighted by atomic mass is 10.1. The van der Waals surface area contributed by atoms with Gasteiger partial charge in [-0.05, 0) is 48.5 Å². The molecule has 1 saturated heterocycles. The summed E-state index contributed by atoms with van der Waals surface area (Å²) in [6.07, 6.45) is 0.0432. The molecule has 0 aliphatic carbocycles. The van der Waals surface area contributed by atoms with Crippen LogP contribution in [0.1, 0.15) is 6.42 Å². The van der Waals surface area contributed by atoms with Crippen molar-refractivity contribution in [3.8, 4) is 0 Å². The van der Waals surface area contributed by atoms with Crippen molar-refractivity contribution in [3.63, 3.8) is 0 Å². The smallest absolute Gasteiger partial charge is 0.261 e. The largest absolute Gasteiger partial charge is 0.369 e. The van der Waals surface area contributed by atoms with E-state index in [9.17, 15) is 22.4 Å². The van der Waals surface area contributed by atoms with E-state index < -0.39 is 27.7 Å². The van der Waals surface area contributed by atoms with Crippen molar-refractivity contribution in [2.45, 2.75) is 11.3 Å². The van der Waals surface area contributed by atoms with Crippen LogP contribution in [0.4, 0.5) is 15.8 Å². The van der Waals surface area contributed by atoms with Crippen molar-refractivity contribution in [2.24, 2.45) is 11.7 Å². The van der Waals surface area contributed by atoms with Crippen molar-refractivity contribution in [1.29, 1.82) is 0 Å². The van der Waals surface area contributed by atoms with Gasteiger partial charge in [-0.25, -0.2) is 12.8 Å².